The molecule has 1 amide bonds. The molecule has 2 N–H and O–H groups in total. The number of carbonyl (C=O) groups excluding carboxylic acids is 1. The number of nitrogens with one attached hydrogen (secondary N) is 2. The van der Waals surface area contributed by atoms with E-state index in [1.807, 2.05) is 0 Å². The van der Waals surface area contributed by atoms with Crippen LogP contribution in [0.1, 0.15) is 26.7 Å². The van der Waals surface area contributed by atoms with Crippen molar-refractivity contribution in [2.24, 2.45) is 5.92 Å². The number of rotatable bonds is 8. The van der Waals surface area contributed by atoms with Gasteiger partial charge in [-0.3, -0.25) is 9.69 Å². The molecule has 5 nitrogen and oxygen atoms in total. The normalized spacial score (nSPS) is 18.5. The lowest BCUT2D eigenvalue weighted by Gasteiger charge is -2.38. The fourth-order valence-electron chi connectivity index (χ4n) is 2.78. The summed E-state index contributed by atoms with van der Waals surface area (Å²) >= 11 is 0. The van der Waals surface area contributed by atoms with E-state index in [1.54, 1.807) is 7.05 Å². The van der Waals surface area contributed by atoms with E-state index in [2.05, 4.69) is 29.4 Å². The summed E-state index contributed by atoms with van der Waals surface area (Å²) in [5.41, 5.74) is 0. The van der Waals surface area contributed by atoms with Gasteiger partial charge in [0.05, 0.1) is 19.8 Å². The number of likely N-dealkylation sites (N-methyl/N-ethyl adjacent to an activating group) is 1. The first-order valence-electron chi connectivity index (χ1n) is 7.46. The third-order valence-electron chi connectivity index (χ3n) is 3.95. The molecule has 0 aromatic heterocycles. The van der Waals surface area contributed by atoms with Crippen molar-refractivity contribution >= 4 is 5.91 Å². The minimum atomic E-state index is 0.0757. The molecule has 0 spiro atoms. The van der Waals surface area contributed by atoms with Crippen LogP contribution in [0.5, 0.6) is 0 Å². The maximum Gasteiger partial charge on any atom is 0.234 e. The summed E-state index contributed by atoms with van der Waals surface area (Å²) in [5.74, 6) is 0.708. The maximum atomic E-state index is 11.6. The molecule has 5 heteroatoms. The Hall–Kier alpha value is -0.650. The molecule has 1 rings (SSSR count). The Bertz CT molecular complexity index is 251. The predicted octanol–water partition coefficient (Wildman–Crippen LogP) is 0.459. The van der Waals surface area contributed by atoms with Crippen molar-refractivity contribution in [3.05, 3.63) is 0 Å². The van der Waals surface area contributed by atoms with Crippen molar-refractivity contribution in [1.82, 2.24) is 15.5 Å². The third-order valence-corrected chi connectivity index (χ3v) is 3.95. The van der Waals surface area contributed by atoms with Crippen LogP contribution in [-0.2, 0) is 9.53 Å². The fraction of sp³-hybridized carbons (Fsp3) is 0.929. The largest absolute Gasteiger partial charge is 0.379 e. The average Bonchev–Trinajstić information content (AvgIpc) is 2.44. The van der Waals surface area contributed by atoms with Crippen LogP contribution in [0.15, 0.2) is 0 Å². The first kappa shape index (κ1) is 16.4. The van der Waals surface area contributed by atoms with Gasteiger partial charge in [-0.2, -0.15) is 0 Å². The number of hydrogen-bond acceptors (Lipinski definition) is 4. The van der Waals surface area contributed by atoms with Gasteiger partial charge in [-0.05, 0) is 13.0 Å². The van der Waals surface area contributed by atoms with Gasteiger partial charge in [0.1, 0.15) is 0 Å². The maximum absolute atomic E-state index is 11.6. The second-order valence-electron chi connectivity index (χ2n) is 5.13. The van der Waals surface area contributed by atoms with Crippen LogP contribution < -0.4 is 10.6 Å². The Morgan fingerprint density at radius 2 is 1.89 bits per heavy atom. The second kappa shape index (κ2) is 9.28. The molecule has 1 heterocycles. The van der Waals surface area contributed by atoms with Gasteiger partial charge < -0.3 is 15.4 Å². The summed E-state index contributed by atoms with van der Waals surface area (Å²) in [7, 11) is 1.79. The summed E-state index contributed by atoms with van der Waals surface area (Å²) in [6, 6.07) is 0.430. The molecular formula is C14H29N3O2. The lowest BCUT2D eigenvalue weighted by atomic mass is 9.92. The zero-order chi connectivity index (χ0) is 14.1. The van der Waals surface area contributed by atoms with Crippen molar-refractivity contribution in [3.8, 4) is 0 Å². The summed E-state index contributed by atoms with van der Waals surface area (Å²) in [6.45, 7) is 9.16. The molecule has 112 valence electrons. The average molecular weight is 271 g/mol. The van der Waals surface area contributed by atoms with Crippen LogP contribution in [0.2, 0.25) is 0 Å². The SMILES string of the molecule is CCC(CC)C(CNC(=O)CNC)N1CCOCC1. The van der Waals surface area contributed by atoms with Gasteiger partial charge in [-0.1, -0.05) is 26.7 Å². The predicted molar refractivity (Wildman–Crippen MR) is 77.2 cm³/mol. The summed E-state index contributed by atoms with van der Waals surface area (Å²) < 4.78 is 5.42. The molecule has 1 unspecified atom stereocenters. The highest BCUT2D eigenvalue weighted by Gasteiger charge is 2.27. The highest BCUT2D eigenvalue weighted by Crippen LogP contribution is 2.19. The monoisotopic (exact) mass is 271 g/mol. The van der Waals surface area contributed by atoms with Gasteiger partial charge in [0, 0.05) is 25.7 Å². The quantitative estimate of drug-likeness (QED) is 0.673. The van der Waals surface area contributed by atoms with E-state index in [0.29, 0.717) is 18.5 Å². The van der Waals surface area contributed by atoms with Gasteiger partial charge in [0.25, 0.3) is 0 Å². The lowest BCUT2D eigenvalue weighted by Crippen LogP contribution is -2.52. The van der Waals surface area contributed by atoms with E-state index in [1.165, 1.54) is 0 Å². The molecule has 1 atom stereocenters. The van der Waals surface area contributed by atoms with Crippen molar-refractivity contribution in [2.75, 3.05) is 46.4 Å². The first-order chi connectivity index (χ1) is 9.22. The zero-order valence-electron chi connectivity index (χ0n) is 12.6. The minimum absolute atomic E-state index is 0.0757. The van der Waals surface area contributed by atoms with Crippen LogP contribution in [0.25, 0.3) is 0 Å². The lowest BCUT2D eigenvalue weighted by molar-refractivity contribution is -0.120. The summed E-state index contributed by atoms with van der Waals surface area (Å²) in [4.78, 5) is 14.1. The molecule has 0 bridgehead atoms. The van der Waals surface area contributed by atoms with Gasteiger partial charge >= 0.3 is 0 Å². The molecule has 19 heavy (non-hydrogen) atoms. The van der Waals surface area contributed by atoms with Gasteiger partial charge in [-0.15, -0.1) is 0 Å². The number of nitrogens with zero attached hydrogens (tertiary/aromatic N) is 1. The van der Waals surface area contributed by atoms with Crippen LogP contribution in [0.3, 0.4) is 0 Å². The summed E-state index contributed by atoms with van der Waals surface area (Å²) in [5, 5.41) is 5.93. The van der Waals surface area contributed by atoms with Crippen molar-refractivity contribution in [1.29, 1.82) is 0 Å². The first-order valence-corrected chi connectivity index (χ1v) is 7.46. The number of ether oxygens (including phenoxy) is 1. The van der Waals surface area contributed by atoms with E-state index < -0.39 is 0 Å². The van der Waals surface area contributed by atoms with E-state index in [0.717, 1.165) is 45.7 Å². The topological polar surface area (TPSA) is 53.6 Å². The number of morpholine rings is 1. The molecule has 0 aromatic carbocycles. The molecular weight excluding hydrogens is 242 g/mol. The Morgan fingerprint density at radius 3 is 2.42 bits per heavy atom. The van der Waals surface area contributed by atoms with Crippen LogP contribution in [-0.4, -0.2) is 63.3 Å². The van der Waals surface area contributed by atoms with E-state index in [4.69, 9.17) is 4.74 Å². The minimum Gasteiger partial charge on any atom is -0.379 e. The van der Waals surface area contributed by atoms with Gasteiger partial charge in [-0.25, -0.2) is 0 Å². The van der Waals surface area contributed by atoms with Crippen LogP contribution in [0, 0.1) is 5.92 Å². The van der Waals surface area contributed by atoms with Crippen molar-refractivity contribution < 1.29 is 9.53 Å². The molecule has 1 aliphatic rings. The Morgan fingerprint density at radius 1 is 1.26 bits per heavy atom. The molecule has 0 aliphatic carbocycles. The number of hydrogen-bond donors (Lipinski definition) is 2. The highest BCUT2D eigenvalue weighted by atomic mass is 16.5. The fourth-order valence-corrected chi connectivity index (χ4v) is 2.78. The van der Waals surface area contributed by atoms with E-state index in [9.17, 15) is 4.79 Å². The van der Waals surface area contributed by atoms with Crippen molar-refractivity contribution in [3.63, 3.8) is 0 Å². The van der Waals surface area contributed by atoms with E-state index in [-0.39, 0.29) is 5.91 Å². The van der Waals surface area contributed by atoms with Crippen LogP contribution >= 0.6 is 0 Å². The van der Waals surface area contributed by atoms with Gasteiger partial charge in [0.15, 0.2) is 0 Å². The molecule has 1 aliphatic heterocycles. The third kappa shape index (κ3) is 5.47. The molecule has 0 saturated carbocycles. The van der Waals surface area contributed by atoms with E-state index >= 15 is 0 Å². The van der Waals surface area contributed by atoms with Gasteiger partial charge in [0.2, 0.25) is 5.91 Å². The Balaban J connectivity index is 2.55. The Kier molecular flexibility index (Phi) is 8.02. The molecule has 1 fully saturated rings. The number of amides is 1. The second-order valence-corrected chi connectivity index (χ2v) is 5.13. The Labute approximate surface area is 117 Å². The summed E-state index contributed by atoms with van der Waals surface area (Å²) in [6.07, 6.45) is 2.31. The standard InChI is InChI=1S/C14H29N3O2/c1-4-12(5-2)13(10-16-14(18)11-15-3)17-6-8-19-9-7-17/h12-13,15H,4-11H2,1-3H3,(H,16,18). The molecule has 0 aromatic rings. The number of carbonyl (C=O) groups is 1. The molecule has 0 radical (unpaired) electrons. The van der Waals surface area contributed by atoms with Crippen molar-refractivity contribution in [2.45, 2.75) is 32.7 Å². The molecule has 1 saturated heterocycles. The zero-order valence-corrected chi connectivity index (χ0v) is 12.6. The van der Waals surface area contributed by atoms with Crippen LogP contribution in [0.4, 0.5) is 0 Å². The highest BCUT2D eigenvalue weighted by molar-refractivity contribution is 5.77. The smallest absolute Gasteiger partial charge is 0.234 e.